The molecule has 1 heterocycles. The Morgan fingerprint density at radius 3 is 3.00 bits per heavy atom. The van der Waals surface area contributed by atoms with Crippen molar-refractivity contribution in [2.75, 3.05) is 6.54 Å². The topological polar surface area (TPSA) is 74.8 Å². The number of aromatic amines is 1. The van der Waals surface area contributed by atoms with Gasteiger partial charge in [0.15, 0.2) is 5.03 Å². The van der Waals surface area contributed by atoms with Crippen molar-refractivity contribution in [2.45, 2.75) is 44.1 Å². The molecule has 2 N–H and O–H groups in total. The van der Waals surface area contributed by atoms with E-state index in [4.69, 9.17) is 0 Å². The summed E-state index contributed by atoms with van der Waals surface area (Å²) in [6.07, 6.45) is 8.68. The van der Waals surface area contributed by atoms with Gasteiger partial charge in [-0.25, -0.2) is 18.1 Å². The first-order valence-corrected chi connectivity index (χ1v) is 8.04. The van der Waals surface area contributed by atoms with E-state index in [0.717, 1.165) is 12.3 Å². The molecule has 6 heteroatoms. The highest BCUT2D eigenvalue weighted by Crippen LogP contribution is 2.30. The average Bonchev–Trinajstić information content (AvgIpc) is 2.83. The van der Waals surface area contributed by atoms with Gasteiger partial charge >= 0.3 is 0 Å². The average molecular weight is 271 g/mol. The number of aromatic nitrogens is 2. The molecule has 2 unspecified atom stereocenters. The van der Waals surface area contributed by atoms with Crippen molar-refractivity contribution in [2.24, 2.45) is 11.8 Å². The molecule has 0 radical (unpaired) electrons. The van der Waals surface area contributed by atoms with Gasteiger partial charge in [0.05, 0.1) is 12.5 Å². The number of hydrogen-bond acceptors (Lipinski definition) is 3. The number of H-pyrrole nitrogens is 1. The summed E-state index contributed by atoms with van der Waals surface area (Å²) >= 11 is 0. The monoisotopic (exact) mass is 271 g/mol. The number of hydrogen-bond donors (Lipinski definition) is 2. The van der Waals surface area contributed by atoms with Gasteiger partial charge in [0, 0.05) is 6.54 Å². The molecule has 0 spiro atoms. The van der Waals surface area contributed by atoms with Crippen LogP contribution in [0.4, 0.5) is 0 Å². The Kier molecular flexibility index (Phi) is 4.40. The minimum atomic E-state index is -3.40. The van der Waals surface area contributed by atoms with Crippen LogP contribution < -0.4 is 4.72 Å². The van der Waals surface area contributed by atoms with Crippen molar-refractivity contribution in [3.05, 3.63) is 12.5 Å². The van der Waals surface area contributed by atoms with Crippen LogP contribution in [0.25, 0.3) is 0 Å². The molecule has 0 bridgehead atoms. The molecule has 0 saturated heterocycles. The maximum Gasteiger partial charge on any atom is 0.257 e. The van der Waals surface area contributed by atoms with Crippen LogP contribution in [0.1, 0.15) is 39.0 Å². The molecule has 1 saturated carbocycles. The standard InChI is InChI=1S/C12H21N3O2S/c1-10-3-2-4-11(7-10)5-6-15-18(16,17)12-8-13-9-14-12/h8-11,15H,2-7H2,1H3,(H,13,14). The van der Waals surface area contributed by atoms with Crippen LogP contribution in [0.2, 0.25) is 0 Å². The zero-order valence-corrected chi connectivity index (χ0v) is 11.5. The molecule has 1 aromatic rings. The van der Waals surface area contributed by atoms with E-state index in [1.807, 2.05) is 0 Å². The Morgan fingerprint density at radius 2 is 2.33 bits per heavy atom. The first kappa shape index (κ1) is 13.5. The van der Waals surface area contributed by atoms with Crippen molar-refractivity contribution < 1.29 is 8.42 Å². The minimum Gasteiger partial charge on any atom is -0.335 e. The predicted octanol–water partition coefficient (Wildman–Crippen LogP) is 1.90. The number of rotatable bonds is 5. The van der Waals surface area contributed by atoms with Crippen LogP contribution in [0, 0.1) is 11.8 Å². The van der Waals surface area contributed by atoms with Crippen LogP contribution in [0.15, 0.2) is 17.6 Å². The molecule has 0 amide bonds. The van der Waals surface area contributed by atoms with Gasteiger partial charge in [0.25, 0.3) is 10.0 Å². The van der Waals surface area contributed by atoms with Crippen LogP contribution in [-0.2, 0) is 10.0 Å². The van der Waals surface area contributed by atoms with Crippen molar-refractivity contribution >= 4 is 10.0 Å². The van der Waals surface area contributed by atoms with E-state index >= 15 is 0 Å². The number of imidazole rings is 1. The van der Waals surface area contributed by atoms with Gasteiger partial charge in [-0.15, -0.1) is 0 Å². The van der Waals surface area contributed by atoms with Crippen molar-refractivity contribution in [3.8, 4) is 0 Å². The lowest BCUT2D eigenvalue weighted by Gasteiger charge is -2.26. The Morgan fingerprint density at radius 1 is 1.50 bits per heavy atom. The van der Waals surface area contributed by atoms with Gasteiger partial charge in [-0.2, -0.15) is 0 Å². The lowest BCUT2D eigenvalue weighted by molar-refractivity contribution is 0.271. The molecule has 18 heavy (non-hydrogen) atoms. The Hall–Kier alpha value is -0.880. The lowest BCUT2D eigenvalue weighted by atomic mass is 9.81. The molecule has 102 valence electrons. The van der Waals surface area contributed by atoms with Crippen molar-refractivity contribution in [3.63, 3.8) is 0 Å². The molecule has 1 aliphatic rings. The van der Waals surface area contributed by atoms with Crippen LogP contribution in [-0.4, -0.2) is 24.9 Å². The van der Waals surface area contributed by atoms with E-state index in [-0.39, 0.29) is 5.03 Å². The van der Waals surface area contributed by atoms with Gasteiger partial charge < -0.3 is 4.98 Å². The third-order valence-corrected chi connectivity index (χ3v) is 5.04. The number of nitrogens with zero attached hydrogens (tertiary/aromatic N) is 1. The molecular formula is C12H21N3O2S. The Labute approximate surface area is 108 Å². The SMILES string of the molecule is CC1CCCC(CCNS(=O)(=O)c2cnc[nH]2)C1. The van der Waals surface area contributed by atoms with E-state index in [0.29, 0.717) is 12.5 Å². The highest BCUT2D eigenvalue weighted by molar-refractivity contribution is 7.89. The largest absolute Gasteiger partial charge is 0.335 e. The van der Waals surface area contributed by atoms with Gasteiger partial charge in [-0.05, 0) is 24.7 Å². The van der Waals surface area contributed by atoms with E-state index in [9.17, 15) is 8.42 Å². The summed E-state index contributed by atoms with van der Waals surface area (Å²) in [6.45, 7) is 2.79. The molecule has 1 aliphatic carbocycles. The summed E-state index contributed by atoms with van der Waals surface area (Å²) in [6, 6.07) is 0. The molecule has 2 atom stereocenters. The fourth-order valence-electron chi connectivity index (χ4n) is 2.69. The van der Waals surface area contributed by atoms with E-state index < -0.39 is 10.0 Å². The predicted molar refractivity (Wildman–Crippen MR) is 69.5 cm³/mol. The number of nitrogens with one attached hydrogen (secondary N) is 2. The summed E-state index contributed by atoms with van der Waals surface area (Å²) in [7, 11) is -3.40. The first-order chi connectivity index (χ1) is 8.58. The van der Waals surface area contributed by atoms with Gasteiger partial charge in [0.1, 0.15) is 0 Å². The van der Waals surface area contributed by atoms with Gasteiger partial charge in [-0.1, -0.05) is 26.2 Å². The fourth-order valence-corrected chi connectivity index (χ4v) is 3.64. The number of sulfonamides is 1. The van der Waals surface area contributed by atoms with E-state index in [1.165, 1.54) is 38.2 Å². The molecule has 1 aromatic heterocycles. The zero-order valence-electron chi connectivity index (χ0n) is 10.7. The summed E-state index contributed by atoms with van der Waals surface area (Å²) in [4.78, 5) is 6.33. The fraction of sp³-hybridized carbons (Fsp3) is 0.750. The van der Waals surface area contributed by atoms with Crippen molar-refractivity contribution in [1.82, 2.24) is 14.7 Å². The summed E-state index contributed by atoms with van der Waals surface area (Å²) in [5.74, 6) is 1.45. The maximum absolute atomic E-state index is 11.8. The van der Waals surface area contributed by atoms with Crippen LogP contribution in [0.3, 0.4) is 0 Å². The highest BCUT2D eigenvalue weighted by Gasteiger charge is 2.20. The molecule has 0 aromatic carbocycles. The van der Waals surface area contributed by atoms with Gasteiger partial charge in [-0.3, -0.25) is 0 Å². The molecule has 0 aliphatic heterocycles. The molecule has 1 fully saturated rings. The van der Waals surface area contributed by atoms with Crippen LogP contribution in [0.5, 0.6) is 0 Å². The van der Waals surface area contributed by atoms with Crippen LogP contribution >= 0.6 is 0 Å². The zero-order chi connectivity index (χ0) is 13.0. The highest BCUT2D eigenvalue weighted by atomic mass is 32.2. The normalized spacial score (nSPS) is 25.2. The summed E-state index contributed by atoms with van der Waals surface area (Å²) < 4.78 is 26.3. The Bertz CT molecular complexity index is 456. The third kappa shape index (κ3) is 3.55. The van der Waals surface area contributed by atoms with E-state index in [2.05, 4.69) is 21.6 Å². The molecular weight excluding hydrogens is 250 g/mol. The quantitative estimate of drug-likeness (QED) is 0.859. The van der Waals surface area contributed by atoms with E-state index in [1.54, 1.807) is 0 Å². The first-order valence-electron chi connectivity index (χ1n) is 6.56. The molecule has 5 nitrogen and oxygen atoms in total. The summed E-state index contributed by atoms with van der Waals surface area (Å²) in [5, 5.41) is 0.138. The van der Waals surface area contributed by atoms with Crippen molar-refractivity contribution in [1.29, 1.82) is 0 Å². The van der Waals surface area contributed by atoms with Gasteiger partial charge in [0.2, 0.25) is 0 Å². The lowest BCUT2D eigenvalue weighted by Crippen LogP contribution is -2.27. The second-order valence-corrected chi connectivity index (χ2v) is 6.98. The maximum atomic E-state index is 11.8. The third-order valence-electron chi connectivity index (χ3n) is 3.65. The smallest absolute Gasteiger partial charge is 0.257 e. The molecule has 2 rings (SSSR count). The minimum absolute atomic E-state index is 0.138. The summed E-state index contributed by atoms with van der Waals surface area (Å²) in [5.41, 5.74) is 0. The second-order valence-electron chi connectivity index (χ2n) is 5.24. The Balaban J connectivity index is 1.78. The second kappa shape index (κ2) is 5.84.